The van der Waals surface area contributed by atoms with Crippen LogP contribution in [-0.4, -0.2) is 43.8 Å². The van der Waals surface area contributed by atoms with Crippen molar-refractivity contribution in [2.75, 3.05) is 34.6 Å². The molecule has 0 bridgehead atoms. The summed E-state index contributed by atoms with van der Waals surface area (Å²) in [4.78, 5) is 15.4. The zero-order chi connectivity index (χ0) is 24.1. The molecule has 0 aromatic heterocycles. The highest BCUT2D eigenvalue weighted by Gasteiger charge is 2.17. The summed E-state index contributed by atoms with van der Waals surface area (Å²) >= 11 is 1.99. The van der Waals surface area contributed by atoms with E-state index in [0.717, 1.165) is 48.0 Å². The molecule has 8 heteroatoms. The lowest BCUT2D eigenvalue weighted by Gasteiger charge is -2.27. The van der Waals surface area contributed by atoms with Crippen molar-refractivity contribution in [2.45, 2.75) is 25.3 Å². The molecule has 0 spiro atoms. The molecule has 34 heavy (non-hydrogen) atoms. The molecule has 2 N–H and O–H groups in total. The van der Waals surface area contributed by atoms with Crippen LogP contribution < -0.4 is 10.0 Å². The van der Waals surface area contributed by atoms with Crippen LogP contribution in [0.1, 0.15) is 27.0 Å². The molecular weight excluding hydrogens is 466 g/mol. The van der Waals surface area contributed by atoms with Gasteiger partial charge in [0.1, 0.15) is 0 Å². The van der Waals surface area contributed by atoms with Gasteiger partial charge in [0.05, 0.1) is 10.6 Å². The molecule has 1 aliphatic heterocycles. The van der Waals surface area contributed by atoms with Crippen molar-refractivity contribution < 1.29 is 13.2 Å². The lowest BCUT2D eigenvalue weighted by Crippen LogP contribution is -2.32. The second-order valence-corrected chi connectivity index (χ2v) is 11.3. The predicted molar refractivity (Wildman–Crippen MR) is 140 cm³/mol. The van der Waals surface area contributed by atoms with Crippen molar-refractivity contribution in [2.24, 2.45) is 0 Å². The molecule has 1 aliphatic rings. The van der Waals surface area contributed by atoms with E-state index >= 15 is 0 Å². The van der Waals surface area contributed by atoms with Crippen LogP contribution in [0.2, 0.25) is 0 Å². The fourth-order valence-corrected chi connectivity index (χ4v) is 5.97. The van der Waals surface area contributed by atoms with Gasteiger partial charge in [-0.1, -0.05) is 30.3 Å². The second-order valence-electron chi connectivity index (χ2n) is 8.38. The number of thioether (sulfide) groups is 1. The zero-order valence-electron chi connectivity index (χ0n) is 19.4. The number of amides is 1. The minimum absolute atomic E-state index is 0.102. The monoisotopic (exact) mass is 495 g/mol. The van der Waals surface area contributed by atoms with Gasteiger partial charge in [-0.15, -0.1) is 0 Å². The van der Waals surface area contributed by atoms with Crippen LogP contribution in [0.25, 0.3) is 0 Å². The summed E-state index contributed by atoms with van der Waals surface area (Å²) in [6.07, 6.45) is 0. The van der Waals surface area contributed by atoms with Crippen LogP contribution in [-0.2, 0) is 16.6 Å². The summed E-state index contributed by atoms with van der Waals surface area (Å²) < 4.78 is 28.1. The number of aryl methyl sites for hydroxylation is 1. The van der Waals surface area contributed by atoms with Gasteiger partial charge in [0.2, 0.25) is 0 Å². The summed E-state index contributed by atoms with van der Waals surface area (Å²) in [5, 5.41) is 2.98. The molecule has 1 amide bonds. The average Bonchev–Trinajstić information content (AvgIpc) is 2.84. The Morgan fingerprint density at radius 1 is 0.912 bits per heavy atom. The summed E-state index contributed by atoms with van der Waals surface area (Å²) in [7, 11) is -3.75. The Hall–Kier alpha value is -2.81. The van der Waals surface area contributed by atoms with E-state index in [1.807, 2.05) is 49.9 Å². The van der Waals surface area contributed by atoms with Gasteiger partial charge in [-0.2, -0.15) is 11.8 Å². The number of carbonyl (C=O) groups excluding carboxylic acids is 1. The Balaban J connectivity index is 1.45. The van der Waals surface area contributed by atoms with E-state index < -0.39 is 10.0 Å². The van der Waals surface area contributed by atoms with Gasteiger partial charge in [-0.3, -0.25) is 14.4 Å². The lowest BCUT2D eigenvalue weighted by molar-refractivity contribution is 0.102. The topological polar surface area (TPSA) is 78.5 Å². The van der Waals surface area contributed by atoms with Gasteiger partial charge < -0.3 is 5.32 Å². The highest BCUT2D eigenvalue weighted by Crippen LogP contribution is 2.23. The highest BCUT2D eigenvalue weighted by atomic mass is 32.2. The number of anilines is 2. The normalized spacial score (nSPS) is 14.5. The average molecular weight is 496 g/mol. The van der Waals surface area contributed by atoms with Crippen LogP contribution in [0.4, 0.5) is 11.4 Å². The van der Waals surface area contributed by atoms with Gasteiger partial charge in [-0.05, 0) is 66.9 Å². The Morgan fingerprint density at radius 2 is 1.59 bits per heavy atom. The first-order valence-electron chi connectivity index (χ1n) is 11.2. The molecule has 3 aromatic rings. The highest BCUT2D eigenvalue weighted by molar-refractivity contribution is 7.99. The molecule has 178 valence electrons. The number of hydrogen-bond donors (Lipinski definition) is 2. The predicted octanol–water partition coefficient (Wildman–Crippen LogP) is 4.91. The van der Waals surface area contributed by atoms with E-state index in [1.165, 1.54) is 29.8 Å². The fourth-order valence-electron chi connectivity index (χ4n) is 3.86. The van der Waals surface area contributed by atoms with Gasteiger partial charge in [0, 0.05) is 42.4 Å². The SMILES string of the molecule is Cc1ccccc1NS(=O)(=O)c1ccc(C(=O)Nc2cccc(CN3CCSCC3)c2C)cc1. The quantitative estimate of drug-likeness (QED) is 0.487. The van der Waals surface area contributed by atoms with Crippen LogP contribution in [0.3, 0.4) is 0 Å². The maximum Gasteiger partial charge on any atom is 0.261 e. The number of nitrogens with zero attached hydrogens (tertiary/aromatic N) is 1. The van der Waals surface area contributed by atoms with Crippen LogP contribution in [0.5, 0.6) is 0 Å². The Morgan fingerprint density at radius 3 is 2.29 bits per heavy atom. The third kappa shape index (κ3) is 5.81. The fraction of sp³-hybridized carbons (Fsp3) is 0.269. The van der Waals surface area contributed by atoms with Crippen LogP contribution in [0.15, 0.2) is 71.6 Å². The maximum absolute atomic E-state index is 12.9. The minimum Gasteiger partial charge on any atom is -0.322 e. The Bertz CT molecular complexity index is 1270. The second kappa shape index (κ2) is 10.6. The standard InChI is InChI=1S/C26H29N3O3S2/c1-19-6-3-4-8-24(19)28-34(31,32)23-12-10-21(11-13-23)26(30)27-25-9-5-7-22(20(25)2)18-29-14-16-33-17-15-29/h3-13,28H,14-18H2,1-2H3,(H,27,30). The van der Waals surface area contributed by atoms with E-state index in [4.69, 9.17) is 0 Å². The van der Waals surface area contributed by atoms with Crippen LogP contribution in [0, 0.1) is 13.8 Å². The summed E-state index contributed by atoms with van der Waals surface area (Å²) in [5.74, 6) is 2.04. The largest absolute Gasteiger partial charge is 0.322 e. The summed E-state index contributed by atoms with van der Waals surface area (Å²) in [6.45, 7) is 6.89. The molecule has 0 aliphatic carbocycles. The number of hydrogen-bond acceptors (Lipinski definition) is 5. The third-order valence-corrected chi connectivity index (χ3v) is 8.33. The molecule has 4 rings (SSSR count). The van der Waals surface area contributed by atoms with E-state index in [-0.39, 0.29) is 10.8 Å². The molecule has 1 fully saturated rings. The van der Waals surface area contributed by atoms with Crippen molar-refractivity contribution in [3.63, 3.8) is 0 Å². The number of rotatable bonds is 7. The molecule has 0 saturated carbocycles. The lowest BCUT2D eigenvalue weighted by atomic mass is 10.1. The summed E-state index contributed by atoms with van der Waals surface area (Å²) in [6, 6.07) is 19.1. The number of para-hydroxylation sites is 1. The zero-order valence-corrected chi connectivity index (χ0v) is 21.0. The molecule has 1 heterocycles. The van der Waals surface area contributed by atoms with E-state index in [9.17, 15) is 13.2 Å². The molecular formula is C26H29N3O3S2. The van der Waals surface area contributed by atoms with Crippen molar-refractivity contribution in [1.29, 1.82) is 0 Å². The van der Waals surface area contributed by atoms with E-state index in [0.29, 0.717) is 11.3 Å². The van der Waals surface area contributed by atoms with Gasteiger partial charge in [0.15, 0.2) is 0 Å². The number of carbonyl (C=O) groups is 1. The molecule has 0 radical (unpaired) electrons. The first-order valence-corrected chi connectivity index (χ1v) is 13.9. The minimum atomic E-state index is -3.75. The molecule has 1 saturated heterocycles. The Labute approximate surface area is 205 Å². The summed E-state index contributed by atoms with van der Waals surface area (Å²) in [5.41, 5.74) is 4.78. The number of sulfonamides is 1. The van der Waals surface area contributed by atoms with E-state index in [1.54, 1.807) is 12.1 Å². The van der Waals surface area contributed by atoms with Crippen molar-refractivity contribution in [3.05, 3.63) is 89.0 Å². The third-order valence-electron chi connectivity index (χ3n) is 6.01. The first-order chi connectivity index (χ1) is 16.3. The maximum atomic E-state index is 12.9. The van der Waals surface area contributed by atoms with Crippen molar-refractivity contribution in [3.8, 4) is 0 Å². The molecule has 0 atom stereocenters. The molecule has 3 aromatic carbocycles. The molecule has 6 nitrogen and oxygen atoms in total. The van der Waals surface area contributed by atoms with Crippen LogP contribution >= 0.6 is 11.8 Å². The van der Waals surface area contributed by atoms with Crippen molar-refractivity contribution >= 4 is 39.1 Å². The molecule has 0 unspecified atom stereocenters. The number of benzene rings is 3. The van der Waals surface area contributed by atoms with E-state index in [2.05, 4.69) is 21.0 Å². The van der Waals surface area contributed by atoms with Crippen molar-refractivity contribution in [1.82, 2.24) is 4.90 Å². The van der Waals surface area contributed by atoms with Gasteiger partial charge >= 0.3 is 0 Å². The van der Waals surface area contributed by atoms with Gasteiger partial charge in [0.25, 0.3) is 15.9 Å². The Kier molecular flexibility index (Phi) is 7.60. The first kappa shape index (κ1) is 24.3. The van der Waals surface area contributed by atoms with Gasteiger partial charge in [-0.25, -0.2) is 8.42 Å². The number of nitrogens with one attached hydrogen (secondary N) is 2. The smallest absolute Gasteiger partial charge is 0.261 e.